The van der Waals surface area contributed by atoms with Crippen LogP contribution in [0.5, 0.6) is 0 Å². The molecule has 60 valence electrons. The van der Waals surface area contributed by atoms with Crippen LogP contribution in [0.3, 0.4) is 0 Å². The highest BCUT2D eigenvalue weighted by molar-refractivity contribution is 5.80. The number of ketones is 1. The van der Waals surface area contributed by atoms with Crippen molar-refractivity contribution in [1.82, 2.24) is 9.55 Å². The van der Waals surface area contributed by atoms with Gasteiger partial charge in [-0.25, -0.2) is 4.98 Å². The number of aliphatic hydroxyl groups is 1. The van der Waals surface area contributed by atoms with Crippen molar-refractivity contribution in [3.05, 3.63) is 18.2 Å². The maximum atomic E-state index is 10.7. The van der Waals surface area contributed by atoms with Crippen LogP contribution >= 0.6 is 0 Å². The lowest BCUT2D eigenvalue weighted by Gasteiger charge is -2.05. The fraction of sp³-hybridized carbons (Fsp3) is 0.429. The van der Waals surface area contributed by atoms with E-state index >= 15 is 0 Å². The molecule has 1 N–H and O–H groups in total. The Kier molecular flexibility index (Phi) is 2.05. The minimum absolute atomic E-state index is 0.292. The molecule has 0 aliphatic heterocycles. The predicted molar refractivity (Wildman–Crippen MR) is 38.8 cm³/mol. The smallest absolute Gasteiger partial charge is 0.169 e. The molecule has 0 spiro atoms. The van der Waals surface area contributed by atoms with E-state index in [1.54, 1.807) is 24.0 Å². The first kappa shape index (κ1) is 7.94. The van der Waals surface area contributed by atoms with Crippen molar-refractivity contribution in [2.24, 2.45) is 7.05 Å². The minimum Gasteiger partial charge on any atom is -0.377 e. The third-order valence-electron chi connectivity index (χ3n) is 1.49. The van der Waals surface area contributed by atoms with E-state index in [0.29, 0.717) is 5.82 Å². The summed E-state index contributed by atoms with van der Waals surface area (Å²) >= 11 is 0. The summed E-state index contributed by atoms with van der Waals surface area (Å²) in [4.78, 5) is 14.5. The Balaban J connectivity index is 2.92. The topological polar surface area (TPSA) is 55.1 Å². The second kappa shape index (κ2) is 2.84. The van der Waals surface area contributed by atoms with Gasteiger partial charge in [-0.1, -0.05) is 0 Å². The molecule has 1 atom stereocenters. The molecule has 0 saturated carbocycles. The molecule has 1 rings (SSSR count). The molecule has 0 bridgehead atoms. The van der Waals surface area contributed by atoms with Gasteiger partial charge in [-0.2, -0.15) is 0 Å². The summed E-state index contributed by atoms with van der Waals surface area (Å²) in [5, 5.41) is 9.23. The van der Waals surface area contributed by atoms with Crippen molar-refractivity contribution < 1.29 is 9.90 Å². The largest absolute Gasteiger partial charge is 0.377 e. The van der Waals surface area contributed by atoms with Crippen LogP contribution in [0, 0.1) is 0 Å². The van der Waals surface area contributed by atoms with Gasteiger partial charge in [0.15, 0.2) is 11.9 Å². The van der Waals surface area contributed by atoms with Gasteiger partial charge in [0.1, 0.15) is 5.82 Å². The number of hydrogen-bond donors (Lipinski definition) is 1. The van der Waals surface area contributed by atoms with E-state index < -0.39 is 6.10 Å². The van der Waals surface area contributed by atoms with Crippen molar-refractivity contribution in [3.8, 4) is 0 Å². The SMILES string of the molecule is CC(=O)C(O)c1nccn1C. The van der Waals surface area contributed by atoms with Gasteiger partial charge >= 0.3 is 0 Å². The third-order valence-corrected chi connectivity index (χ3v) is 1.49. The zero-order chi connectivity index (χ0) is 8.43. The van der Waals surface area contributed by atoms with Crippen LogP contribution < -0.4 is 0 Å². The van der Waals surface area contributed by atoms with E-state index in [2.05, 4.69) is 4.98 Å². The molecule has 0 saturated heterocycles. The van der Waals surface area contributed by atoms with Crippen LogP contribution in [0.15, 0.2) is 12.4 Å². The summed E-state index contributed by atoms with van der Waals surface area (Å²) in [5.41, 5.74) is 0. The van der Waals surface area contributed by atoms with Gasteiger partial charge in [-0.3, -0.25) is 4.79 Å². The molecule has 0 amide bonds. The quantitative estimate of drug-likeness (QED) is 0.654. The maximum Gasteiger partial charge on any atom is 0.169 e. The van der Waals surface area contributed by atoms with Crippen LogP contribution in [0.4, 0.5) is 0 Å². The van der Waals surface area contributed by atoms with Gasteiger partial charge in [0.25, 0.3) is 0 Å². The molecule has 1 heterocycles. The Labute approximate surface area is 64.5 Å². The normalized spacial score (nSPS) is 13.0. The molecule has 4 nitrogen and oxygen atoms in total. The summed E-state index contributed by atoms with van der Waals surface area (Å²) in [7, 11) is 1.73. The van der Waals surface area contributed by atoms with Gasteiger partial charge in [0.2, 0.25) is 0 Å². The summed E-state index contributed by atoms with van der Waals surface area (Å²) in [6.07, 6.45) is 2.14. The summed E-state index contributed by atoms with van der Waals surface area (Å²) < 4.78 is 1.62. The molecule has 11 heavy (non-hydrogen) atoms. The molecule has 0 aliphatic rings. The number of aryl methyl sites for hydroxylation is 1. The Hall–Kier alpha value is -1.16. The highest BCUT2D eigenvalue weighted by Crippen LogP contribution is 2.09. The van der Waals surface area contributed by atoms with Gasteiger partial charge < -0.3 is 9.67 Å². The number of Topliss-reactive ketones (excluding diaryl/α,β-unsaturated/α-hetero) is 1. The zero-order valence-corrected chi connectivity index (χ0v) is 6.48. The molecule has 0 fully saturated rings. The fourth-order valence-corrected chi connectivity index (χ4v) is 0.822. The van der Waals surface area contributed by atoms with Crippen LogP contribution in [-0.4, -0.2) is 20.4 Å². The summed E-state index contributed by atoms with van der Waals surface area (Å²) in [6.45, 7) is 1.33. The average molecular weight is 154 g/mol. The second-order valence-electron chi connectivity index (χ2n) is 2.41. The Morgan fingerprint density at radius 3 is 2.82 bits per heavy atom. The van der Waals surface area contributed by atoms with E-state index in [0.717, 1.165) is 0 Å². The Morgan fingerprint density at radius 2 is 2.45 bits per heavy atom. The van der Waals surface area contributed by atoms with Gasteiger partial charge in [-0.05, 0) is 6.92 Å². The van der Waals surface area contributed by atoms with Crippen molar-refractivity contribution in [3.63, 3.8) is 0 Å². The molecular formula is C7H10N2O2. The molecule has 1 aromatic rings. The van der Waals surface area contributed by atoms with Gasteiger partial charge in [0, 0.05) is 19.4 Å². The summed E-state index contributed by atoms with van der Waals surface area (Å²) in [5.74, 6) is 0.0943. The van der Waals surface area contributed by atoms with Crippen molar-refractivity contribution >= 4 is 5.78 Å². The zero-order valence-electron chi connectivity index (χ0n) is 6.48. The lowest BCUT2D eigenvalue weighted by molar-refractivity contribution is -0.125. The number of hydrogen-bond acceptors (Lipinski definition) is 3. The van der Waals surface area contributed by atoms with E-state index in [4.69, 9.17) is 0 Å². The number of carbonyl (C=O) groups excluding carboxylic acids is 1. The van der Waals surface area contributed by atoms with Crippen molar-refractivity contribution in [2.45, 2.75) is 13.0 Å². The fourth-order valence-electron chi connectivity index (χ4n) is 0.822. The Bertz CT molecular complexity index is 267. The molecule has 1 aromatic heterocycles. The second-order valence-corrected chi connectivity index (χ2v) is 2.41. The lowest BCUT2D eigenvalue weighted by atomic mass is 10.2. The van der Waals surface area contributed by atoms with E-state index in [1.807, 2.05) is 0 Å². The monoisotopic (exact) mass is 154 g/mol. The number of aromatic nitrogens is 2. The molecule has 0 radical (unpaired) electrons. The Morgan fingerprint density at radius 1 is 1.82 bits per heavy atom. The third kappa shape index (κ3) is 1.46. The predicted octanol–water partition coefficient (Wildman–Crippen LogP) is 0.0425. The van der Waals surface area contributed by atoms with E-state index in [-0.39, 0.29) is 5.78 Å². The molecular weight excluding hydrogens is 144 g/mol. The number of imidazole rings is 1. The molecule has 0 aliphatic carbocycles. The van der Waals surface area contributed by atoms with Gasteiger partial charge in [-0.15, -0.1) is 0 Å². The van der Waals surface area contributed by atoms with Crippen LogP contribution in [0.1, 0.15) is 18.9 Å². The van der Waals surface area contributed by atoms with Crippen LogP contribution in [-0.2, 0) is 11.8 Å². The van der Waals surface area contributed by atoms with Crippen molar-refractivity contribution in [1.29, 1.82) is 0 Å². The highest BCUT2D eigenvalue weighted by atomic mass is 16.3. The number of aliphatic hydroxyl groups excluding tert-OH is 1. The molecule has 4 heteroatoms. The molecule has 0 aromatic carbocycles. The first-order valence-corrected chi connectivity index (χ1v) is 3.28. The van der Waals surface area contributed by atoms with Crippen molar-refractivity contribution in [2.75, 3.05) is 0 Å². The maximum absolute atomic E-state index is 10.7. The highest BCUT2D eigenvalue weighted by Gasteiger charge is 2.16. The summed E-state index contributed by atoms with van der Waals surface area (Å²) in [6, 6.07) is 0. The lowest BCUT2D eigenvalue weighted by Crippen LogP contribution is -2.12. The minimum atomic E-state index is -1.09. The first-order valence-electron chi connectivity index (χ1n) is 3.28. The first-order chi connectivity index (χ1) is 5.13. The van der Waals surface area contributed by atoms with Crippen LogP contribution in [0.2, 0.25) is 0 Å². The standard InChI is InChI=1S/C7H10N2O2/c1-5(10)6(11)7-8-3-4-9(7)2/h3-4,6,11H,1-2H3. The van der Waals surface area contributed by atoms with E-state index in [1.165, 1.54) is 6.92 Å². The molecule has 1 unspecified atom stereocenters. The average Bonchev–Trinajstić information content (AvgIpc) is 2.33. The number of carbonyl (C=O) groups is 1. The van der Waals surface area contributed by atoms with E-state index in [9.17, 15) is 9.90 Å². The number of rotatable bonds is 2. The number of nitrogens with zero attached hydrogens (tertiary/aromatic N) is 2. The van der Waals surface area contributed by atoms with Gasteiger partial charge in [0.05, 0.1) is 0 Å². The van der Waals surface area contributed by atoms with Crippen LogP contribution in [0.25, 0.3) is 0 Å².